The third-order valence-electron chi connectivity index (χ3n) is 3.90. The lowest BCUT2D eigenvalue weighted by Gasteiger charge is -2.12. The van der Waals surface area contributed by atoms with E-state index in [1.807, 2.05) is 0 Å². The summed E-state index contributed by atoms with van der Waals surface area (Å²) in [4.78, 5) is 0. The van der Waals surface area contributed by atoms with E-state index in [1.165, 1.54) is 43.4 Å². The van der Waals surface area contributed by atoms with Crippen molar-refractivity contribution in [3.63, 3.8) is 0 Å². The highest BCUT2D eigenvalue weighted by Gasteiger charge is 2.20. The van der Waals surface area contributed by atoms with Crippen LogP contribution in [0.25, 0.3) is 0 Å². The Balaban J connectivity index is 1.71. The van der Waals surface area contributed by atoms with Gasteiger partial charge in [-0.2, -0.15) is 0 Å². The highest BCUT2D eigenvalue weighted by atomic mass is 14.9. The summed E-state index contributed by atoms with van der Waals surface area (Å²) in [6, 6.07) is 10.0. The van der Waals surface area contributed by atoms with Gasteiger partial charge in [0.05, 0.1) is 0 Å². The fourth-order valence-corrected chi connectivity index (χ4v) is 2.24. The zero-order valence-electron chi connectivity index (χ0n) is 12.1. The molecule has 0 aromatic heterocycles. The van der Waals surface area contributed by atoms with Gasteiger partial charge in [0.2, 0.25) is 0 Å². The molecule has 0 aliphatic heterocycles. The first-order valence-corrected chi connectivity index (χ1v) is 7.47. The van der Waals surface area contributed by atoms with E-state index in [9.17, 15) is 0 Å². The lowest BCUT2D eigenvalue weighted by Crippen LogP contribution is -2.23. The van der Waals surface area contributed by atoms with Crippen LogP contribution in [0.3, 0.4) is 0 Å². The van der Waals surface area contributed by atoms with Crippen molar-refractivity contribution in [1.82, 2.24) is 5.32 Å². The zero-order valence-corrected chi connectivity index (χ0v) is 12.1. The molecule has 0 saturated heterocycles. The summed E-state index contributed by atoms with van der Waals surface area (Å²) in [5, 5.41) is 3.62. The van der Waals surface area contributed by atoms with Crippen LogP contribution in [0.5, 0.6) is 0 Å². The maximum atomic E-state index is 3.62. The predicted molar refractivity (Wildman–Crippen MR) is 79.0 cm³/mol. The van der Waals surface area contributed by atoms with Gasteiger partial charge in [-0.1, -0.05) is 45.0 Å². The second-order valence-electron chi connectivity index (χ2n) is 6.22. The first kappa shape index (κ1) is 13.6. The molecule has 1 aliphatic rings. The number of hydrogen-bond acceptors (Lipinski definition) is 1. The highest BCUT2D eigenvalue weighted by Crippen LogP contribution is 2.20. The third kappa shape index (κ3) is 4.45. The van der Waals surface area contributed by atoms with E-state index in [4.69, 9.17) is 0 Å². The smallest absolute Gasteiger partial charge is 0.00683 e. The molecule has 0 radical (unpaired) electrons. The molecule has 1 saturated carbocycles. The molecule has 0 amide bonds. The predicted octanol–water partition coefficient (Wildman–Crippen LogP) is 4.13. The standard InChI is InChI=1S/C17H27N/c1-13(2)16-8-6-15(7-9-16)5-4-14(3)12-18-17-10-11-17/h6-9,13-14,17-18H,4-5,10-12H2,1-3H3. The second-order valence-corrected chi connectivity index (χ2v) is 6.22. The maximum Gasteiger partial charge on any atom is 0.00683 e. The van der Waals surface area contributed by atoms with Crippen LogP contribution in [-0.2, 0) is 6.42 Å². The van der Waals surface area contributed by atoms with Crippen LogP contribution in [0.2, 0.25) is 0 Å². The summed E-state index contributed by atoms with van der Waals surface area (Å²) in [5.41, 5.74) is 2.93. The van der Waals surface area contributed by atoms with E-state index in [1.54, 1.807) is 0 Å². The molecule has 1 aromatic rings. The van der Waals surface area contributed by atoms with Crippen LogP contribution in [0, 0.1) is 5.92 Å². The first-order chi connectivity index (χ1) is 8.65. The lowest BCUT2D eigenvalue weighted by molar-refractivity contribution is 0.480. The molecule has 0 heterocycles. The van der Waals surface area contributed by atoms with Gasteiger partial charge < -0.3 is 5.32 Å². The summed E-state index contributed by atoms with van der Waals surface area (Å²) in [6.07, 6.45) is 5.29. The molecule has 2 rings (SSSR count). The molecule has 1 heteroatoms. The second kappa shape index (κ2) is 6.38. The SMILES string of the molecule is CC(CCc1ccc(C(C)C)cc1)CNC1CC1. The van der Waals surface area contributed by atoms with E-state index in [0.29, 0.717) is 5.92 Å². The minimum Gasteiger partial charge on any atom is -0.314 e. The average Bonchev–Trinajstić information content (AvgIpc) is 3.18. The molecule has 1 aliphatic carbocycles. The quantitative estimate of drug-likeness (QED) is 0.761. The summed E-state index contributed by atoms with van der Waals surface area (Å²) in [5.74, 6) is 1.43. The molecule has 0 spiro atoms. The number of nitrogens with one attached hydrogen (secondary N) is 1. The van der Waals surface area contributed by atoms with Crippen molar-refractivity contribution in [2.24, 2.45) is 5.92 Å². The fourth-order valence-electron chi connectivity index (χ4n) is 2.24. The number of aryl methyl sites for hydroxylation is 1. The molecule has 1 N–H and O–H groups in total. The molecular formula is C17H27N. The van der Waals surface area contributed by atoms with E-state index in [2.05, 4.69) is 50.4 Å². The largest absolute Gasteiger partial charge is 0.314 e. The van der Waals surface area contributed by atoms with Crippen LogP contribution < -0.4 is 5.32 Å². The Hall–Kier alpha value is -0.820. The minimum absolute atomic E-state index is 0.640. The monoisotopic (exact) mass is 245 g/mol. The van der Waals surface area contributed by atoms with Crippen molar-refractivity contribution >= 4 is 0 Å². The van der Waals surface area contributed by atoms with Crippen molar-refractivity contribution < 1.29 is 0 Å². The Labute approximate surface area is 112 Å². The first-order valence-electron chi connectivity index (χ1n) is 7.47. The van der Waals surface area contributed by atoms with Gasteiger partial charge in [-0.3, -0.25) is 0 Å². The van der Waals surface area contributed by atoms with Crippen molar-refractivity contribution in [3.05, 3.63) is 35.4 Å². The minimum atomic E-state index is 0.640. The van der Waals surface area contributed by atoms with Gasteiger partial charge in [0.1, 0.15) is 0 Å². The Kier molecular flexibility index (Phi) is 4.82. The van der Waals surface area contributed by atoms with Gasteiger partial charge in [-0.25, -0.2) is 0 Å². The third-order valence-corrected chi connectivity index (χ3v) is 3.90. The number of benzene rings is 1. The van der Waals surface area contributed by atoms with E-state index in [0.717, 1.165) is 12.0 Å². The van der Waals surface area contributed by atoms with Crippen molar-refractivity contribution in [2.75, 3.05) is 6.54 Å². The molecule has 1 nitrogen and oxygen atoms in total. The normalized spacial score (nSPS) is 17.1. The van der Waals surface area contributed by atoms with Crippen molar-refractivity contribution in [2.45, 2.75) is 58.4 Å². The maximum absolute atomic E-state index is 3.62. The van der Waals surface area contributed by atoms with Gasteiger partial charge in [0, 0.05) is 6.04 Å². The Morgan fingerprint density at radius 1 is 1.11 bits per heavy atom. The molecule has 100 valence electrons. The van der Waals surface area contributed by atoms with Crippen molar-refractivity contribution in [1.29, 1.82) is 0 Å². The van der Waals surface area contributed by atoms with Crippen LogP contribution in [0.4, 0.5) is 0 Å². The van der Waals surface area contributed by atoms with Crippen molar-refractivity contribution in [3.8, 4) is 0 Å². The van der Waals surface area contributed by atoms with E-state index in [-0.39, 0.29) is 0 Å². The molecule has 18 heavy (non-hydrogen) atoms. The van der Waals surface area contributed by atoms with Gasteiger partial charge >= 0.3 is 0 Å². The molecule has 0 bridgehead atoms. The van der Waals surface area contributed by atoms with E-state index >= 15 is 0 Å². The zero-order chi connectivity index (χ0) is 13.0. The van der Waals surface area contributed by atoms with Gasteiger partial charge in [-0.15, -0.1) is 0 Å². The van der Waals surface area contributed by atoms with Gasteiger partial charge in [-0.05, 0) is 55.2 Å². The molecule has 1 aromatic carbocycles. The van der Waals surface area contributed by atoms with Crippen LogP contribution in [0.1, 0.15) is 57.1 Å². The lowest BCUT2D eigenvalue weighted by atomic mass is 9.97. The van der Waals surface area contributed by atoms with E-state index < -0.39 is 0 Å². The summed E-state index contributed by atoms with van der Waals surface area (Å²) in [6.45, 7) is 8.05. The summed E-state index contributed by atoms with van der Waals surface area (Å²) >= 11 is 0. The Morgan fingerprint density at radius 3 is 2.33 bits per heavy atom. The topological polar surface area (TPSA) is 12.0 Å². The average molecular weight is 245 g/mol. The fraction of sp³-hybridized carbons (Fsp3) is 0.647. The Bertz CT molecular complexity index is 348. The van der Waals surface area contributed by atoms with Crippen LogP contribution >= 0.6 is 0 Å². The van der Waals surface area contributed by atoms with Gasteiger partial charge in [0.25, 0.3) is 0 Å². The number of hydrogen-bond donors (Lipinski definition) is 1. The number of rotatable bonds is 7. The molecule has 1 fully saturated rings. The molecular weight excluding hydrogens is 218 g/mol. The Morgan fingerprint density at radius 2 is 1.78 bits per heavy atom. The molecule has 1 unspecified atom stereocenters. The van der Waals surface area contributed by atoms with Crippen LogP contribution in [0.15, 0.2) is 24.3 Å². The highest BCUT2D eigenvalue weighted by molar-refractivity contribution is 5.24. The summed E-state index contributed by atoms with van der Waals surface area (Å²) < 4.78 is 0. The summed E-state index contributed by atoms with van der Waals surface area (Å²) in [7, 11) is 0. The molecule has 1 atom stereocenters. The van der Waals surface area contributed by atoms with Gasteiger partial charge in [0.15, 0.2) is 0 Å². The van der Waals surface area contributed by atoms with Crippen LogP contribution in [-0.4, -0.2) is 12.6 Å².